The Morgan fingerprint density at radius 1 is 1.35 bits per heavy atom. The van der Waals surface area contributed by atoms with Gasteiger partial charge in [0.2, 0.25) is 5.91 Å². The van der Waals surface area contributed by atoms with E-state index in [2.05, 4.69) is 47.3 Å². The summed E-state index contributed by atoms with van der Waals surface area (Å²) < 4.78 is 0. The molecule has 0 radical (unpaired) electrons. The molecule has 6 nitrogen and oxygen atoms in total. The van der Waals surface area contributed by atoms with E-state index in [1.807, 2.05) is 12.1 Å². The number of carbonyl (C=O) groups excluding carboxylic acids is 1. The van der Waals surface area contributed by atoms with E-state index in [4.69, 9.17) is 5.11 Å². The number of amidine groups is 1. The van der Waals surface area contributed by atoms with E-state index < -0.39 is 19.3 Å². The standard InChI is InChI=1S/C15H19N3O3SSi/c1-23(2,3)11-6-4-10(5-7-11)9-16-18-15-17-14(21)12(22-15)8-13(19)20/h4-7,9,12H,8H2,1-3H3,(H,19,20)(H,17,18,21). The molecule has 1 unspecified atom stereocenters. The lowest BCUT2D eigenvalue weighted by Gasteiger charge is -2.16. The number of hydrogen-bond donors (Lipinski definition) is 2. The predicted octanol–water partition coefficient (Wildman–Crippen LogP) is 1.63. The molecule has 122 valence electrons. The van der Waals surface area contributed by atoms with E-state index in [0.717, 1.165) is 17.3 Å². The molecule has 23 heavy (non-hydrogen) atoms. The van der Waals surface area contributed by atoms with Crippen LogP contribution in [0.1, 0.15) is 12.0 Å². The van der Waals surface area contributed by atoms with E-state index in [0.29, 0.717) is 5.17 Å². The summed E-state index contributed by atoms with van der Waals surface area (Å²) in [5.41, 5.74) is 0.924. The Bertz CT molecular complexity index is 666. The SMILES string of the molecule is C[Si](C)(C)c1ccc(C=NN=C2NC(=O)C(CC(=O)O)S2)cc1. The highest BCUT2D eigenvalue weighted by atomic mass is 32.2. The lowest BCUT2D eigenvalue weighted by atomic mass is 10.2. The molecule has 1 fully saturated rings. The van der Waals surface area contributed by atoms with Crippen molar-refractivity contribution < 1.29 is 14.7 Å². The third-order valence-electron chi connectivity index (χ3n) is 3.27. The number of nitrogens with one attached hydrogen (secondary N) is 1. The fourth-order valence-electron chi connectivity index (χ4n) is 1.96. The normalized spacial score (nSPS) is 20.2. The fourth-order valence-corrected chi connectivity index (χ4v) is 4.04. The van der Waals surface area contributed by atoms with Crippen LogP contribution >= 0.6 is 11.8 Å². The van der Waals surface area contributed by atoms with Crippen LogP contribution in [0.3, 0.4) is 0 Å². The quantitative estimate of drug-likeness (QED) is 0.480. The van der Waals surface area contributed by atoms with Crippen molar-refractivity contribution in [1.29, 1.82) is 0 Å². The average Bonchev–Trinajstić information content (AvgIpc) is 2.78. The number of aliphatic carboxylic acids is 1. The van der Waals surface area contributed by atoms with Gasteiger partial charge in [-0.05, 0) is 5.56 Å². The zero-order valence-electron chi connectivity index (χ0n) is 13.2. The van der Waals surface area contributed by atoms with E-state index >= 15 is 0 Å². The van der Waals surface area contributed by atoms with E-state index in [9.17, 15) is 9.59 Å². The minimum Gasteiger partial charge on any atom is -0.481 e. The Morgan fingerprint density at radius 3 is 2.57 bits per heavy atom. The van der Waals surface area contributed by atoms with Crippen molar-refractivity contribution in [2.75, 3.05) is 0 Å². The second-order valence-corrected chi connectivity index (χ2v) is 12.5. The molecule has 1 aliphatic rings. The van der Waals surface area contributed by atoms with Crippen LogP contribution < -0.4 is 10.5 Å². The summed E-state index contributed by atoms with van der Waals surface area (Å²) in [5.74, 6) is -1.35. The number of thioether (sulfide) groups is 1. The summed E-state index contributed by atoms with van der Waals surface area (Å²) in [6.07, 6.45) is 1.38. The Hall–Kier alpha value is -1.93. The summed E-state index contributed by atoms with van der Waals surface area (Å²) in [6.45, 7) is 6.86. The molecule has 1 heterocycles. The molecule has 1 aliphatic heterocycles. The second-order valence-electron chi connectivity index (χ2n) is 6.22. The third-order valence-corrected chi connectivity index (χ3v) is 6.41. The predicted molar refractivity (Wildman–Crippen MR) is 96.2 cm³/mol. The molecule has 1 saturated heterocycles. The highest BCUT2D eigenvalue weighted by Crippen LogP contribution is 2.22. The smallest absolute Gasteiger partial charge is 0.305 e. The van der Waals surface area contributed by atoms with Gasteiger partial charge in [-0.3, -0.25) is 9.59 Å². The van der Waals surface area contributed by atoms with Gasteiger partial charge in [0.25, 0.3) is 0 Å². The highest BCUT2D eigenvalue weighted by Gasteiger charge is 2.32. The van der Waals surface area contributed by atoms with Gasteiger partial charge in [0.15, 0.2) is 5.17 Å². The number of rotatable bonds is 5. The molecule has 0 aromatic heterocycles. The monoisotopic (exact) mass is 349 g/mol. The highest BCUT2D eigenvalue weighted by molar-refractivity contribution is 8.15. The van der Waals surface area contributed by atoms with Crippen LogP contribution in [0.4, 0.5) is 0 Å². The number of nitrogens with zero attached hydrogens (tertiary/aromatic N) is 2. The molecular formula is C15H19N3O3SSi. The van der Waals surface area contributed by atoms with Gasteiger partial charge in [0.1, 0.15) is 5.25 Å². The first-order chi connectivity index (χ1) is 10.8. The molecule has 1 atom stereocenters. The molecule has 8 heteroatoms. The number of hydrogen-bond acceptors (Lipinski definition) is 5. The number of carbonyl (C=O) groups is 2. The minimum absolute atomic E-state index is 0.225. The third kappa shape index (κ3) is 5.04. The number of carboxylic acids is 1. The Kier molecular flexibility index (Phi) is 5.37. The maximum atomic E-state index is 11.6. The Balaban J connectivity index is 1.99. The van der Waals surface area contributed by atoms with Crippen LogP contribution in [-0.4, -0.2) is 41.7 Å². The van der Waals surface area contributed by atoms with E-state index in [1.54, 1.807) is 6.21 Å². The van der Waals surface area contributed by atoms with E-state index in [-0.39, 0.29) is 12.3 Å². The summed E-state index contributed by atoms with van der Waals surface area (Å²) >= 11 is 1.09. The molecule has 0 spiro atoms. The van der Waals surface area contributed by atoms with Gasteiger partial charge in [-0.2, -0.15) is 5.10 Å². The van der Waals surface area contributed by atoms with Crippen molar-refractivity contribution in [3.8, 4) is 0 Å². The maximum absolute atomic E-state index is 11.6. The van der Waals surface area contributed by atoms with Crippen molar-refractivity contribution >= 4 is 48.3 Å². The largest absolute Gasteiger partial charge is 0.481 e. The average molecular weight is 349 g/mol. The molecule has 0 saturated carbocycles. The van der Waals surface area contributed by atoms with Crippen molar-refractivity contribution in [2.45, 2.75) is 31.3 Å². The zero-order chi connectivity index (χ0) is 17.0. The molecule has 0 bridgehead atoms. The van der Waals surface area contributed by atoms with Gasteiger partial charge in [-0.15, -0.1) is 5.10 Å². The van der Waals surface area contributed by atoms with Gasteiger partial charge < -0.3 is 10.4 Å². The van der Waals surface area contributed by atoms with Gasteiger partial charge in [-0.1, -0.05) is 60.9 Å². The van der Waals surface area contributed by atoms with Crippen LogP contribution in [0.25, 0.3) is 0 Å². The number of benzene rings is 1. The topological polar surface area (TPSA) is 91.1 Å². The molecular weight excluding hydrogens is 330 g/mol. The van der Waals surface area contributed by atoms with Crippen LogP contribution in [0, 0.1) is 0 Å². The molecule has 2 N–H and O–H groups in total. The Morgan fingerprint density at radius 2 is 2.00 bits per heavy atom. The molecule has 1 aromatic rings. The van der Waals surface area contributed by atoms with Crippen LogP contribution in [0.15, 0.2) is 34.5 Å². The van der Waals surface area contributed by atoms with E-state index in [1.165, 1.54) is 5.19 Å². The van der Waals surface area contributed by atoms with Crippen LogP contribution in [0.5, 0.6) is 0 Å². The molecule has 1 aromatic carbocycles. The summed E-state index contributed by atoms with van der Waals surface area (Å²) in [4.78, 5) is 22.2. The summed E-state index contributed by atoms with van der Waals surface area (Å²) in [6, 6.07) is 8.20. The number of carboxylic acid groups (broad SMARTS) is 1. The Labute approximate surface area is 140 Å². The van der Waals surface area contributed by atoms with Crippen LogP contribution in [0.2, 0.25) is 19.6 Å². The lowest BCUT2D eigenvalue weighted by molar-refractivity contribution is -0.138. The van der Waals surface area contributed by atoms with Gasteiger partial charge in [-0.25, -0.2) is 0 Å². The first-order valence-electron chi connectivity index (χ1n) is 7.16. The first-order valence-corrected chi connectivity index (χ1v) is 11.5. The lowest BCUT2D eigenvalue weighted by Crippen LogP contribution is -2.37. The molecule has 2 rings (SSSR count). The molecule has 1 amide bonds. The second kappa shape index (κ2) is 7.09. The fraction of sp³-hybridized carbons (Fsp3) is 0.333. The summed E-state index contributed by atoms with van der Waals surface area (Å²) in [7, 11) is -1.31. The van der Waals surface area contributed by atoms with Crippen molar-refractivity contribution in [2.24, 2.45) is 10.2 Å². The van der Waals surface area contributed by atoms with Gasteiger partial charge in [0, 0.05) is 0 Å². The summed E-state index contributed by atoms with van der Waals surface area (Å²) in [5, 5.41) is 20.2. The zero-order valence-corrected chi connectivity index (χ0v) is 15.1. The van der Waals surface area contributed by atoms with Crippen molar-refractivity contribution in [3.05, 3.63) is 29.8 Å². The minimum atomic E-state index is -1.31. The maximum Gasteiger partial charge on any atom is 0.305 e. The van der Waals surface area contributed by atoms with Gasteiger partial charge in [0.05, 0.1) is 20.7 Å². The van der Waals surface area contributed by atoms with Gasteiger partial charge >= 0.3 is 5.97 Å². The first kappa shape index (κ1) is 17.4. The van der Waals surface area contributed by atoms with Crippen molar-refractivity contribution in [1.82, 2.24) is 5.32 Å². The van der Waals surface area contributed by atoms with Crippen molar-refractivity contribution in [3.63, 3.8) is 0 Å². The molecule has 0 aliphatic carbocycles. The van der Waals surface area contributed by atoms with Crippen LogP contribution in [-0.2, 0) is 9.59 Å². The number of amides is 1.